The monoisotopic (exact) mass is 345 g/mol. The Kier molecular flexibility index (Phi) is 4.09. The van der Waals surface area contributed by atoms with Gasteiger partial charge in [-0.2, -0.15) is 0 Å². The van der Waals surface area contributed by atoms with Crippen molar-refractivity contribution in [2.75, 3.05) is 11.9 Å². The molecule has 0 amide bonds. The van der Waals surface area contributed by atoms with Crippen LogP contribution in [0.15, 0.2) is 54.6 Å². The van der Waals surface area contributed by atoms with E-state index in [1.54, 1.807) is 0 Å². The number of para-hydroxylation sites is 1. The van der Waals surface area contributed by atoms with Gasteiger partial charge in [-0.3, -0.25) is 0 Å². The van der Waals surface area contributed by atoms with E-state index in [0.29, 0.717) is 6.61 Å². The van der Waals surface area contributed by atoms with Crippen LogP contribution >= 0.6 is 0 Å². The Labute approximate surface area is 129 Å². The van der Waals surface area contributed by atoms with E-state index in [-0.39, 0.29) is 20.5 Å². The number of anilines is 2. The number of esters is 1. The van der Waals surface area contributed by atoms with Gasteiger partial charge in [0.05, 0.1) is 0 Å². The van der Waals surface area contributed by atoms with Crippen LogP contribution in [0.5, 0.6) is 0 Å². The number of hydrogen-bond acceptors (Lipinski definition) is 3. The van der Waals surface area contributed by atoms with E-state index in [0.717, 1.165) is 21.2 Å². The van der Waals surface area contributed by atoms with E-state index >= 15 is 0 Å². The summed E-state index contributed by atoms with van der Waals surface area (Å²) >= 11 is -0.0139. The second-order valence-corrected chi connectivity index (χ2v) is 6.72. The summed E-state index contributed by atoms with van der Waals surface area (Å²) < 4.78 is 7.18. The van der Waals surface area contributed by atoms with Crippen LogP contribution in [0.3, 0.4) is 0 Å². The number of hydrogen-bond donors (Lipinski definition) is 1. The van der Waals surface area contributed by atoms with Gasteiger partial charge in [0.2, 0.25) is 0 Å². The van der Waals surface area contributed by atoms with Crippen molar-refractivity contribution in [1.82, 2.24) is 0 Å². The molecule has 0 spiro atoms. The Morgan fingerprint density at radius 2 is 1.81 bits per heavy atom. The molecule has 3 nitrogen and oxygen atoms in total. The molecule has 0 saturated heterocycles. The molecule has 3 rings (SSSR count). The Bertz CT molecular complexity index is 765. The first kappa shape index (κ1) is 13.9. The number of carbonyl (C=O) groups excluding carboxylic acids is 1. The normalized spacial score (nSPS) is 10.5. The van der Waals surface area contributed by atoms with Crippen molar-refractivity contribution in [3.8, 4) is 0 Å². The zero-order valence-corrected chi connectivity index (χ0v) is 13.3. The third-order valence-electron chi connectivity index (χ3n) is 3.10. The molecule has 1 N–H and O–H groups in total. The summed E-state index contributed by atoms with van der Waals surface area (Å²) in [4.78, 5) is 12.2. The van der Waals surface area contributed by atoms with E-state index in [1.165, 1.54) is 4.26 Å². The van der Waals surface area contributed by atoms with Crippen LogP contribution in [0.25, 0.3) is 9.65 Å². The molecule has 0 aliphatic rings. The number of nitrogens with one attached hydrogen (secondary N) is 1. The molecule has 106 valence electrons. The van der Waals surface area contributed by atoms with Gasteiger partial charge in [-0.25, -0.2) is 0 Å². The predicted octanol–water partition coefficient (Wildman–Crippen LogP) is 3.82. The molecule has 4 heteroatoms. The minimum atomic E-state index is -0.216. The fourth-order valence-electron chi connectivity index (χ4n) is 2.18. The molecule has 0 saturated carbocycles. The molecular formula is C17H15NO2Se. The first-order valence-electron chi connectivity index (χ1n) is 6.80. The quantitative estimate of drug-likeness (QED) is 0.578. The third kappa shape index (κ3) is 2.87. The number of carbonyl (C=O) groups is 1. The Hall–Kier alpha value is -2.03. The van der Waals surface area contributed by atoms with Gasteiger partial charge in [0, 0.05) is 0 Å². The first-order valence-corrected chi connectivity index (χ1v) is 8.51. The van der Waals surface area contributed by atoms with Crippen molar-refractivity contribution < 1.29 is 9.53 Å². The van der Waals surface area contributed by atoms with Crippen LogP contribution in [0.1, 0.15) is 16.2 Å². The fraction of sp³-hybridized carbons (Fsp3) is 0.118. The van der Waals surface area contributed by atoms with E-state index < -0.39 is 0 Å². The zero-order valence-electron chi connectivity index (χ0n) is 11.6. The molecule has 0 atom stereocenters. The van der Waals surface area contributed by atoms with Crippen LogP contribution in [0.4, 0.5) is 11.4 Å². The summed E-state index contributed by atoms with van der Waals surface area (Å²) in [6.07, 6.45) is 0. The van der Waals surface area contributed by atoms with Gasteiger partial charge >= 0.3 is 129 Å². The minimum absolute atomic E-state index is 0.0139. The zero-order chi connectivity index (χ0) is 14.7. The van der Waals surface area contributed by atoms with E-state index in [2.05, 4.69) is 17.4 Å². The number of ether oxygens (including phenoxy) is 1. The molecule has 1 heterocycles. The first-order chi connectivity index (χ1) is 10.3. The van der Waals surface area contributed by atoms with Crippen LogP contribution in [-0.2, 0) is 4.74 Å². The van der Waals surface area contributed by atoms with Crippen molar-refractivity contribution in [3.05, 3.63) is 59.0 Å². The number of rotatable bonds is 4. The molecule has 0 aliphatic heterocycles. The van der Waals surface area contributed by atoms with Gasteiger partial charge in [0.25, 0.3) is 0 Å². The SMILES string of the molecule is CCOC(=O)c1[se]c2ccccc2c1Nc1ccccc1. The maximum atomic E-state index is 12.2. The van der Waals surface area contributed by atoms with Gasteiger partial charge in [0.15, 0.2) is 0 Å². The topological polar surface area (TPSA) is 38.3 Å². The van der Waals surface area contributed by atoms with Gasteiger partial charge in [-0.15, -0.1) is 0 Å². The fourth-order valence-corrected chi connectivity index (χ4v) is 4.38. The Balaban J connectivity index is 2.09. The van der Waals surface area contributed by atoms with Crippen LogP contribution < -0.4 is 5.32 Å². The molecular weight excluding hydrogens is 329 g/mol. The van der Waals surface area contributed by atoms with Crippen molar-refractivity contribution in [2.45, 2.75) is 6.92 Å². The van der Waals surface area contributed by atoms with Crippen LogP contribution in [0.2, 0.25) is 0 Å². The summed E-state index contributed by atoms with van der Waals surface area (Å²) in [6, 6.07) is 18.0. The molecule has 21 heavy (non-hydrogen) atoms. The van der Waals surface area contributed by atoms with Gasteiger partial charge in [0.1, 0.15) is 0 Å². The van der Waals surface area contributed by atoms with Crippen molar-refractivity contribution in [3.63, 3.8) is 0 Å². The van der Waals surface area contributed by atoms with Crippen LogP contribution in [0, 0.1) is 0 Å². The summed E-state index contributed by atoms with van der Waals surface area (Å²) in [6.45, 7) is 2.23. The van der Waals surface area contributed by atoms with Gasteiger partial charge in [-0.1, -0.05) is 0 Å². The number of fused-ring (bicyclic) bond motifs is 1. The second kappa shape index (κ2) is 6.17. The van der Waals surface area contributed by atoms with Crippen molar-refractivity contribution >= 4 is 41.5 Å². The van der Waals surface area contributed by atoms with E-state index in [4.69, 9.17) is 4.74 Å². The standard InChI is InChI=1S/C17H15NO2Se/c1-2-20-17(19)16-15(18-12-8-4-3-5-9-12)13-10-6-7-11-14(13)21-16/h3-11,18H,2H2,1H3. The number of benzene rings is 2. The average Bonchev–Trinajstić information content (AvgIpc) is 2.88. The molecule has 1 aromatic heterocycles. The average molecular weight is 344 g/mol. The second-order valence-electron chi connectivity index (χ2n) is 4.51. The molecule has 0 aliphatic carbocycles. The third-order valence-corrected chi connectivity index (χ3v) is 5.51. The molecule has 0 fully saturated rings. The summed E-state index contributed by atoms with van der Waals surface area (Å²) in [5.74, 6) is -0.216. The molecule has 0 radical (unpaired) electrons. The molecule has 2 aromatic carbocycles. The van der Waals surface area contributed by atoms with E-state index in [9.17, 15) is 4.79 Å². The van der Waals surface area contributed by atoms with Gasteiger partial charge < -0.3 is 0 Å². The predicted molar refractivity (Wildman–Crippen MR) is 86.6 cm³/mol. The van der Waals surface area contributed by atoms with Crippen molar-refractivity contribution in [2.24, 2.45) is 0 Å². The molecule has 0 unspecified atom stereocenters. The van der Waals surface area contributed by atoms with E-state index in [1.807, 2.05) is 49.4 Å². The summed E-state index contributed by atoms with van der Waals surface area (Å²) in [7, 11) is 0. The molecule has 0 bridgehead atoms. The van der Waals surface area contributed by atoms with Gasteiger partial charge in [-0.05, 0) is 0 Å². The Morgan fingerprint density at radius 3 is 2.57 bits per heavy atom. The summed E-state index contributed by atoms with van der Waals surface area (Å²) in [5, 5.41) is 4.48. The molecule has 3 aromatic rings. The van der Waals surface area contributed by atoms with Crippen molar-refractivity contribution in [1.29, 1.82) is 0 Å². The summed E-state index contributed by atoms with van der Waals surface area (Å²) in [5.41, 5.74) is 1.86. The van der Waals surface area contributed by atoms with Crippen LogP contribution in [-0.4, -0.2) is 27.1 Å². The Morgan fingerprint density at radius 1 is 1.10 bits per heavy atom. The maximum absolute atomic E-state index is 12.2.